The molecule has 1 aromatic rings. The highest BCUT2D eigenvalue weighted by molar-refractivity contribution is 6.33. The van der Waals surface area contributed by atoms with E-state index in [4.69, 9.17) is 22.6 Å². The van der Waals surface area contributed by atoms with Crippen LogP contribution in [0.25, 0.3) is 0 Å². The second kappa shape index (κ2) is 4.20. The number of nitrogens with two attached hydrogens (primary N) is 1. The van der Waals surface area contributed by atoms with Crippen molar-refractivity contribution < 1.29 is 8.78 Å². The first-order valence-corrected chi connectivity index (χ1v) is 4.04. The molecule has 0 aliphatic rings. The number of pyridine rings is 1. The third-order valence-electron chi connectivity index (χ3n) is 1.53. The maximum Gasteiger partial charge on any atom is 0.281 e. The van der Waals surface area contributed by atoms with E-state index in [1.54, 1.807) is 6.07 Å². The lowest BCUT2D eigenvalue weighted by atomic mass is 10.2. The standard InChI is InChI=1S/C8H6ClF2N3/c9-6-5(13)3-4(1-2-12)14-7(6)8(10)11/h3,8H,1H2,(H2,13,14). The van der Waals surface area contributed by atoms with Gasteiger partial charge in [0.1, 0.15) is 5.69 Å². The molecule has 6 heteroatoms. The van der Waals surface area contributed by atoms with Crippen molar-refractivity contribution in [2.75, 3.05) is 5.73 Å². The Balaban J connectivity index is 3.22. The van der Waals surface area contributed by atoms with Crippen LogP contribution in [0.1, 0.15) is 17.8 Å². The van der Waals surface area contributed by atoms with Crippen LogP contribution in [0.5, 0.6) is 0 Å². The number of nitrogens with zero attached hydrogens (tertiary/aromatic N) is 2. The van der Waals surface area contributed by atoms with Crippen molar-refractivity contribution in [1.29, 1.82) is 5.26 Å². The fourth-order valence-electron chi connectivity index (χ4n) is 0.943. The van der Waals surface area contributed by atoms with Crippen molar-refractivity contribution >= 4 is 17.3 Å². The van der Waals surface area contributed by atoms with E-state index in [2.05, 4.69) is 4.98 Å². The van der Waals surface area contributed by atoms with Gasteiger partial charge >= 0.3 is 0 Å². The third-order valence-corrected chi connectivity index (χ3v) is 1.94. The molecule has 1 aromatic heterocycles. The highest BCUT2D eigenvalue weighted by Gasteiger charge is 2.17. The van der Waals surface area contributed by atoms with E-state index in [-0.39, 0.29) is 22.8 Å². The van der Waals surface area contributed by atoms with Crippen molar-refractivity contribution in [1.82, 2.24) is 4.98 Å². The van der Waals surface area contributed by atoms with Crippen LogP contribution in [-0.2, 0) is 6.42 Å². The topological polar surface area (TPSA) is 62.7 Å². The van der Waals surface area contributed by atoms with Crippen LogP contribution in [0.3, 0.4) is 0 Å². The number of nitriles is 1. The molecule has 0 aromatic carbocycles. The zero-order valence-corrected chi connectivity index (χ0v) is 7.72. The Morgan fingerprint density at radius 1 is 1.64 bits per heavy atom. The molecule has 0 amide bonds. The summed E-state index contributed by atoms with van der Waals surface area (Å²) in [6.45, 7) is 0. The fraction of sp³-hybridized carbons (Fsp3) is 0.250. The van der Waals surface area contributed by atoms with Crippen molar-refractivity contribution in [3.05, 3.63) is 22.5 Å². The lowest BCUT2D eigenvalue weighted by molar-refractivity contribution is 0.146. The van der Waals surface area contributed by atoms with Gasteiger partial charge in [-0.2, -0.15) is 5.26 Å². The summed E-state index contributed by atoms with van der Waals surface area (Å²) in [5.74, 6) is 0. The highest BCUT2D eigenvalue weighted by Crippen LogP contribution is 2.30. The zero-order valence-electron chi connectivity index (χ0n) is 6.97. The largest absolute Gasteiger partial charge is 0.397 e. The average molecular weight is 218 g/mol. The van der Waals surface area contributed by atoms with Crippen molar-refractivity contribution in [3.63, 3.8) is 0 Å². The molecule has 1 rings (SSSR count). The normalized spacial score (nSPS) is 10.2. The molecule has 0 aliphatic carbocycles. The molecule has 0 fully saturated rings. The van der Waals surface area contributed by atoms with Crippen molar-refractivity contribution in [2.24, 2.45) is 0 Å². The Kier molecular flexibility index (Phi) is 3.20. The van der Waals surface area contributed by atoms with Crippen LogP contribution in [0.4, 0.5) is 14.5 Å². The molecule has 0 bridgehead atoms. The highest BCUT2D eigenvalue weighted by atomic mass is 35.5. The molecule has 0 spiro atoms. The van der Waals surface area contributed by atoms with E-state index >= 15 is 0 Å². The molecular weight excluding hydrogens is 212 g/mol. The quantitative estimate of drug-likeness (QED) is 0.827. The monoisotopic (exact) mass is 217 g/mol. The summed E-state index contributed by atoms with van der Waals surface area (Å²) in [7, 11) is 0. The van der Waals surface area contributed by atoms with Crippen molar-refractivity contribution in [3.8, 4) is 6.07 Å². The van der Waals surface area contributed by atoms with E-state index in [0.717, 1.165) is 0 Å². The van der Waals surface area contributed by atoms with Crippen LogP contribution < -0.4 is 5.73 Å². The molecule has 0 saturated heterocycles. The second-order valence-corrected chi connectivity index (χ2v) is 2.92. The third kappa shape index (κ3) is 2.09. The number of halogens is 3. The first-order chi connectivity index (χ1) is 6.56. The summed E-state index contributed by atoms with van der Waals surface area (Å²) in [5.41, 5.74) is 5.02. The second-order valence-electron chi connectivity index (χ2n) is 2.54. The van der Waals surface area contributed by atoms with Gasteiger partial charge in [0.2, 0.25) is 0 Å². The summed E-state index contributed by atoms with van der Waals surface area (Å²) < 4.78 is 24.7. The van der Waals surface area contributed by atoms with E-state index in [9.17, 15) is 8.78 Å². The van der Waals surface area contributed by atoms with Gasteiger partial charge in [0.05, 0.1) is 28.9 Å². The number of alkyl halides is 2. The first-order valence-electron chi connectivity index (χ1n) is 3.66. The number of nitrogen functional groups attached to an aromatic ring is 1. The molecule has 0 saturated carbocycles. The lowest BCUT2D eigenvalue weighted by Crippen LogP contribution is -2.01. The molecule has 0 aliphatic heterocycles. The molecule has 3 nitrogen and oxygen atoms in total. The molecule has 14 heavy (non-hydrogen) atoms. The number of anilines is 1. The Morgan fingerprint density at radius 3 is 2.79 bits per heavy atom. The number of hydrogen-bond donors (Lipinski definition) is 1. The fourth-order valence-corrected chi connectivity index (χ4v) is 1.12. The van der Waals surface area contributed by atoms with Crippen LogP contribution >= 0.6 is 11.6 Å². The maximum atomic E-state index is 12.3. The van der Waals surface area contributed by atoms with Gasteiger partial charge in [-0.05, 0) is 6.07 Å². The lowest BCUT2D eigenvalue weighted by Gasteiger charge is -2.06. The smallest absolute Gasteiger partial charge is 0.281 e. The summed E-state index contributed by atoms with van der Waals surface area (Å²) in [4.78, 5) is 3.54. The van der Waals surface area contributed by atoms with Crippen LogP contribution in [-0.4, -0.2) is 4.98 Å². The van der Waals surface area contributed by atoms with Gasteiger partial charge in [0.25, 0.3) is 6.43 Å². The SMILES string of the molecule is N#CCc1cc(N)c(Cl)c(C(F)F)n1. The predicted molar refractivity (Wildman–Crippen MR) is 47.9 cm³/mol. The van der Waals surface area contributed by atoms with Gasteiger partial charge in [-0.25, -0.2) is 13.8 Å². The van der Waals surface area contributed by atoms with Gasteiger partial charge in [-0.1, -0.05) is 11.6 Å². The molecule has 0 atom stereocenters. The van der Waals surface area contributed by atoms with Gasteiger partial charge in [0.15, 0.2) is 0 Å². The molecule has 1 heterocycles. The predicted octanol–water partition coefficient (Wildman–Crippen LogP) is 2.32. The molecule has 74 valence electrons. The zero-order chi connectivity index (χ0) is 10.7. The van der Waals surface area contributed by atoms with E-state index in [0.29, 0.717) is 0 Å². The van der Waals surface area contributed by atoms with Crippen LogP contribution in [0, 0.1) is 11.3 Å². The van der Waals surface area contributed by atoms with Crippen molar-refractivity contribution in [2.45, 2.75) is 12.8 Å². The van der Waals surface area contributed by atoms with Gasteiger partial charge in [-0.15, -0.1) is 0 Å². The number of hydrogen-bond acceptors (Lipinski definition) is 3. The molecule has 2 N–H and O–H groups in total. The van der Waals surface area contributed by atoms with Gasteiger partial charge < -0.3 is 5.73 Å². The van der Waals surface area contributed by atoms with E-state index < -0.39 is 12.1 Å². The summed E-state index contributed by atoms with van der Waals surface area (Å²) in [6.07, 6.45) is -2.86. The number of aromatic nitrogens is 1. The molecule has 0 radical (unpaired) electrons. The Morgan fingerprint density at radius 2 is 2.29 bits per heavy atom. The molecular formula is C8H6ClF2N3. The van der Waals surface area contributed by atoms with E-state index in [1.165, 1.54) is 6.07 Å². The first kappa shape index (κ1) is 10.7. The number of rotatable bonds is 2. The Hall–Kier alpha value is -1.41. The minimum Gasteiger partial charge on any atom is -0.397 e. The van der Waals surface area contributed by atoms with Crippen LogP contribution in [0.15, 0.2) is 6.07 Å². The minimum absolute atomic E-state index is 0.0159. The van der Waals surface area contributed by atoms with Gasteiger partial charge in [-0.3, -0.25) is 0 Å². The van der Waals surface area contributed by atoms with E-state index in [1.807, 2.05) is 0 Å². The van der Waals surface area contributed by atoms with Gasteiger partial charge in [0, 0.05) is 0 Å². The summed E-state index contributed by atoms with van der Waals surface area (Å²) in [6, 6.07) is 3.11. The van der Waals surface area contributed by atoms with Crippen LogP contribution in [0.2, 0.25) is 5.02 Å². The Bertz CT molecular complexity index is 387. The minimum atomic E-state index is -2.79. The summed E-state index contributed by atoms with van der Waals surface area (Å²) >= 11 is 5.51. The summed E-state index contributed by atoms with van der Waals surface area (Å²) in [5, 5.41) is 8.11. The Labute approximate surface area is 84.1 Å². The maximum absolute atomic E-state index is 12.3. The average Bonchev–Trinajstić information content (AvgIpc) is 2.11. The molecule has 0 unspecified atom stereocenters.